The Labute approximate surface area is 139 Å². The van der Waals surface area contributed by atoms with Gasteiger partial charge in [0.1, 0.15) is 17.3 Å². The number of carbonyl (C=O) groups excluding carboxylic acids is 1. The maximum absolute atomic E-state index is 13.0. The first-order valence-electron chi connectivity index (χ1n) is 7.19. The number of rotatable bonds is 7. The summed E-state index contributed by atoms with van der Waals surface area (Å²) < 4.78 is 23.8. The summed E-state index contributed by atoms with van der Waals surface area (Å²) in [5, 5.41) is 2.60. The number of anilines is 1. The van der Waals surface area contributed by atoms with Crippen LogP contribution >= 0.6 is 11.6 Å². The maximum atomic E-state index is 13.0. The molecule has 0 aromatic heterocycles. The van der Waals surface area contributed by atoms with E-state index in [1.54, 1.807) is 24.3 Å². The second-order valence-electron chi connectivity index (χ2n) is 4.68. The Balaban J connectivity index is 1.76. The van der Waals surface area contributed by atoms with Crippen molar-refractivity contribution in [2.45, 2.75) is 13.3 Å². The minimum absolute atomic E-state index is 0.0339. The predicted molar refractivity (Wildman–Crippen MR) is 87.8 cm³/mol. The minimum Gasteiger partial charge on any atom is -0.494 e. The molecule has 2 aromatic rings. The average molecular weight is 338 g/mol. The summed E-state index contributed by atoms with van der Waals surface area (Å²) in [6.07, 6.45) is 0.169. The first kappa shape index (κ1) is 17.1. The second-order valence-corrected chi connectivity index (χ2v) is 5.09. The normalized spacial score (nSPS) is 10.2. The first-order chi connectivity index (χ1) is 11.1. The summed E-state index contributed by atoms with van der Waals surface area (Å²) in [5.74, 6) is 0.666. The van der Waals surface area contributed by atoms with E-state index in [-0.39, 0.29) is 24.0 Å². The summed E-state index contributed by atoms with van der Waals surface area (Å²) in [6.45, 7) is 2.75. The van der Waals surface area contributed by atoms with E-state index in [1.165, 1.54) is 18.2 Å². The highest BCUT2D eigenvalue weighted by Crippen LogP contribution is 2.20. The van der Waals surface area contributed by atoms with Gasteiger partial charge in [-0.25, -0.2) is 4.39 Å². The molecule has 0 atom stereocenters. The molecule has 0 saturated heterocycles. The number of ether oxygens (including phenoxy) is 2. The third-order valence-corrected chi connectivity index (χ3v) is 3.23. The van der Waals surface area contributed by atoms with Crippen LogP contribution in [0.1, 0.15) is 13.3 Å². The minimum atomic E-state index is -0.525. The molecular formula is C17H17ClFNO3. The van der Waals surface area contributed by atoms with Crippen molar-refractivity contribution < 1.29 is 18.7 Å². The molecule has 0 aliphatic rings. The highest BCUT2D eigenvalue weighted by Gasteiger charge is 2.06. The Kier molecular flexibility index (Phi) is 6.23. The molecule has 4 nitrogen and oxygen atoms in total. The van der Waals surface area contributed by atoms with E-state index in [4.69, 9.17) is 21.1 Å². The third kappa shape index (κ3) is 5.45. The van der Waals surface area contributed by atoms with Crippen LogP contribution in [0.4, 0.5) is 10.1 Å². The van der Waals surface area contributed by atoms with E-state index in [1.807, 2.05) is 6.92 Å². The number of amides is 1. The molecule has 0 bridgehead atoms. The Morgan fingerprint density at radius 3 is 2.39 bits per heavy atom. The Morgan fingerprint density at radius 1 is 1.13 bits per heavy atom. The summed E-state index contributed by atoms with van der Waals surface area (Å²) in [7, 11) is 0. The van der Waals surface area contributed by atoms with Crippen LogP contribution in [0.5, 0.6) is 11.5 Å². The predicted octanol–water partition coefficient (Wildman–Crippen LogP) is 4.29. The molecule has 0 radical (unpaired) electrons. The van der Waals surface area contributed by atoms with Crippen LogP contribution in [0.3, 0.4) is 0 Å². The molecule has 23 heavy (non-hydrogen) atoms. The van der Waals surface area contributed by atoms with Crippen LogP contribution in [0.25, 0.3) is 0 Å². The quantitative estimate of drug-likeness (QED) is 0.820. The molecule has 122 valence electrons. The van der Waals surface area contributed by atoms with Gasteiger partial charge in [0.15, 0.2) is 0 Å². The number of nitrogens with one attached hydrogen (secondary N) is 1. The maximum Gasteiger partial charge on any atom is 0.227 e. The van der Waals surface area contributed by atoms with Gasteiger partial charge in [-0.3, -0.25) is 4.79 Å². The Bertz CT molecular complexity index is 661. The van der Waals surface area contributed by atoms with E-state index in [2.05, 4.69) is 5.32 Å². The molecule has 6 heteroatoms. The number of benzene rings is 2. The lowest BCUT2D eigenvalue weighted by atomic mass is 10.3. The van der Waals surface area contributed by atoms with Crippen molar-refractivity contribution in [3.8, 4) is 11.5 Å². The van der Waals surface area contributed by atoms with Crippen LogP contribution in [0.2, 0.25) is 5.02 Å². The summed E-state index contributed by atoms with van der Waals surface area (Å²) >= 11 is 5.66. The molecule has 2 rings (SSSR count). The van der Waals surface area contributed by atoms with Crippen molar-refractivity contribution in [1.82, 2.24) is 0 Å². The molecule has 1 amide bonds. The Hall–Kier alpha value is -2.27. The fraction of sp³-hybridized carbons (Fsp3) is 0.235. The molecule has 0 aliphatic carbocycles. The van der Waals surface area contributed by atoms with E-state index in [0.29, 0.717) is 18.0 Å². The van der Waals surface area contributed by atoms with Crippen LogP contribution in [0.15, 0.2) is 42.5 Å². The van der Waals surface area contributed by atoms with Crippen molar-refractivity contribution in [2.24, 2.45) is 0 Å². The monoisotopic (exact) mass is 337 g/mol. The van der Waals surface area contributed by atoms with Crippen molar-refractivity contribution in [3.05, 3.63) is 53.3 Å². The number of hydrogen-bond donors (Lipinski definition) is 1. The highest BCUT2D eigenvalue weighted by atomic mass is 35.5. The lowest BCUT2D eigenvalue weighted by Gasteiger charge is -2.09. The van der Waals surface area contributed by atoms with Gasteiger partial charge in [0.25, 0.3) is 0 Å². The van der Waals surface area contributed by atoms with E-state index >= 15 is 0 Å². The largest absolute Gasteiger partial charge is 0.494 e. The van der Waals surface area contributed by atoms with Gasteiger partial charge in [-0.2, -0.15) is 0 Å². The van der Waals surface area contributed by atoms with Crippen LogP contribution in [-0.4, -0.2) is 19.1 Å². The molecule has 0 spiro atoms. The van der Waals surface area contributed by atoms with Gasteiger partial charge in [0.05, 0.1) is 24.7 Å². The molecular weight excluding hydrogens is 321 g/mol. The summed E-state index contributed by atoms with van der Waals surface area (Å²) in [5.41, 5.74) is 0.447. The van der Waals surface area contributed by atoms with Gasteiger partial charge in [0, 0.05) is 5.69 Å². The molecule has 0 fully saturated rings. The first-order valence-corrected chi connectivity index (χ1v) is 7.57. The lowest BCUT2D eigenvalue weighted by Crippen LogP contribution is -2.15. The molecule has 1 N–H and O–H groups in total. The zero-order valence-corrected chi connectivity index (χ0v) is 13.4. The zero-order chi connectivity index (χ0) is 16.7. The summed E-state index contributed by atoms with van der Waals surface area (Å²) in [6, 6.07) is 11.2. The van der Waals surface area contributed by atoms with Gasteiger partial charge in [-0.1, -0.05) is 11.6 Å². The lowest BCUT2D eigenvalue weighted by molar-refractivity contribution is -0.116. The van der Waals surface area contributed by atoms with Crippen molar-refractivity contribution in [1.29, 1.82) is 0 Å². The zero-order valence-electron chi connectivity index (χ0n) is 12.6. The summed E-state index contributed by atoms with van der Waals surface area (Å²) in [4.78, 5) is 11.8. The van der Waals surface area contributed by atoms with Gasteiger partial charge in [-0.15, -0.1) is 0 Å². The Morgan fingerprint density at radius 2 is 1.78 bits per heavy atom. The van der Waals surface area contributed by atoms with Crippen LogP contribution < -0.4 is 14.8 Å². The second kappa shape index (κ2) is 8.39. The number of carbonyl (C=O) groups is 1. The van der Waals surface area contributed by atoms with Gasteiger partial charge in [-0.05, 0) is 49.4 Å². The van der Waals surface area contributed by atoms with Crippen LogP contribution in [0, 0.1) is 5.82 Å². The topological polar surface area (TPSA) is 47.6 Å². The third-order valence-electron chi connectivity index (χ3n) is 2.94. The molecule has 0 saturated carbocycles. The van der Waals surface area contributed by atoms with Gasteiger partial charge < -0.3 is 14.8 Å². The fourth-order valence-electron chi connectivity index (χ4n) is 1.86. The standard InChI is InChI=1S/C17H17ClFNO3/c1-2-22-13-4-6-14(7-5-13)23-10-9-17(21)20-12-3-8-16(19)15(18)11-12/h3-8,11H,2,9-10H2,1H3,(H,20,21). The highest BCUT2D eigenvalue weighted by molar-refractivity contribution is 6.31. The van der Waals surface area contributed by atoms with Crippen LogP contribution in [-0.2, 0) is 4.79 Å². The van der Waals surface area contributed by atoms with E-state index in [0.717, 1.165) is 5.75 Å². The SMILES string of the molecule is CCOc1ccc(OCCC(=O)Nc2ccc(F)c(Cl)c2)cc1. The van der Waals surface area contributed by atoms with E-state index < -0.39 is 5.82 Å². The van der Waals surface area contributed by atoms with Crippen molar-refractivity contribution in [2.75, 3.05) is 18.5 Å². The number of hydrogen-bond acceptors (Lipinski definition) is 3. The van der Waals surface area contributed by atoms with E-state index in [9.17, 15) is 9.18 Å². The van der Waals surface area contributed by atoms with Gasteiger partial charge >= 0.3 is 0 Å². The number of halogens is 2. The van der Waals surface area contributed by atoms with Crippen molar-refractivity contribution in [3.63, 3.8) is 0 Å². The molecule has 0 unspecified atom stereocenters. The smallest absolute Gasteiger partial charge is 0.227 e. The fourth-order valence-corrected chi connectivity index (χ4v) is 2.04. The van der Waals surface area contributed by atoms with Crippen molar-refractivity contribution >= 4 is 23.2 Å². The molecule has 2 aromatic carbocycles. The molecule has 0 heterocycles. The average Bonchev–Trinajstić information content (AvgIpc) is 2.53. The van der Waals surface area contributed by atoms with Gasteiger partial charge in [0.2, 0.25) is 5.91 Å². The molecule has 0 aliphatic heterocycles.